The van der Waals surface area contributed by atoms with Crippen LogP contribution in [0, 0.1) is 6.92 Å². The Hall–Kier alpha value is -1.57. The number of benzene rings is 1. The number of aliphatic carboxylic acids is 1. The fourth-order valence-electron chi connectivity index (χ4n) is 0.951. The summed E-state index contributed by atoms with van der Waals surface area (Å²) in [4.78, 5) is 9.25. The first-order chi connectivity index (χ1) is 6.97. The lowest BCUT2D eigenvalue weighted by atomic mass is 10.0. The van der Waals surface area contributed by atoms with E-state index in [1.54, 1.807) is 0 Å². The van der Waals surface area contributed by atoms with Crippen LogP contribution in [-0.2, 0) is 4.79 Å². The molecule has 2 nitrogen and oxygen atoms in total. The standard InChI is InChI=1S/C10H14.C3H4O2/c1-8(2)10-6-4-9(3)5-7-10;1-2-3(4)5/h4-8H,1-3H3;2H,1H2,(H,4,5). The van der Waals surface area contributed by atoms with Crippen LogP contribution in [-0.4, -0.2) is 11.1 Å². The molecule has 0 spiro atoms. The number of carboxylic acid groups (broad SMARTS) is 1. The summed E-state index contributed by atoms with van der Waals surface area (Å²) in [6.45, 7) is 9.50. The minimum atomic E-state index is -0.981. The normalized spacial score (nSPS) is 9.07. The number of carbonyl (C=O) groups is 1. The summed E-state index contributed by atoms with van der Waals surface area (Å²) < 4.78 is 0. The van der Waals surface area contributed by atoms with Crippen molar-refractivity contribution in [1.82, 2.24) is 0 Å². The van der Waals surface area contributed by atoms with Crippen molar-refractivity contribution in [2.75, 3.05) is 0 Å². The van der Waals surface area contributed by atoms with Crippen LogP contribution in [0.2, 0.25) is 0 Å². The summed E-state index contributed by atoms with van der Waals surface area (Å²) in [6, 6.07) is 8.71. The summed E-state index contributed by atoms with van der Waals surface area (Å²) >= 11 is 0. The summed E-state index contributed by atoms with van der Waals surface area (Å²) in [5.41, 5.74) is 2.76. The van der Waals surface area contributed by atoms with Crippen LogP contribution in [0.5, 0.6) is 0 Å². The Bertz CT molecular complexity index is 310. The molecule has 1 aromatic rings. The van der Waals surface area contributed by atoms with E-state index in [1.807, 2.05) is 0 Å². The predicted octanol–water partition coefficient (Wildman–Crippen LogP) is 3.38. The van der Waals surface area contributed by atoms with Crippen molar-refractivity contribution in [1.29, 1.82) is 0 Å². The minimum absolute atomic E-state index is 0.653. The van der Waals surface area contributed by atoms with Gasteiger partial charge >= 0.3 is 5.97 Å². The third-order valence-electron chi connectivity index (χ3n) is 1.92. The van der Waals surface area contributed by atoms with Gasteiger partial charge in [-0.1, -0.05) is 50.3 Å². The zero-order valence-corrected chi connectivity index (χ0v) is 9.53. The molecule has 1 N–H and O–H groups in total. The van der Waals surface area contributed by atoms with Gasteiger partial charge in [0.25, 0.3) is 0 Å². The molecule has 0 aliphatic heterocycles. The topological polar surface area (TPSA) is 37.3 Å². The van der Waals surface area contributed by atoms with Gasteiger partial charge in [-0.3, -0.25) is 0 Å². The van der Waals surface area contributed by atoms with Crippen molar-refractivity contribution >= 4 is 5.97 Å². The first-order valence-corrected chi connectivity index (χ1v) is 4.89. The van der Waals surface area contributed by atoms with Gasteiger partial charge in [0.2, 0.25) is 0 Å². The predicted molar refractivity (Wildman–Crippen MR) is 63.1 cm³/mol. The van der Waals surface area contributed by atoms with Gasteiger partial charge < -0.3 is 5.11 Å². The van der Waals surface area contributed by atoms with Crippen LogP contribution in [0.1, 0.15) is 30.9 Å². The SMILES string of the molecule is C=CC(=O)O.Cc1ccc(C(C)C)cc1. The van der Waals surface area contributed by atoms with Gasteiger partial charge in [0.15, 0.2) is 0 Å². The molecule has 2 heteroatoms. The third kappa shape index (κ3) is 6.49. The molecule has 0 atom stereocenters. The molecule has 0 saturated carbocycles. The number of rotatable bonds is 2. The van der Waals surface area contributed by atoms with Crippen molar-refractivity contribution in [3.8, 4) is 0 Å². The molecular formula is C13H18O2. The van der Waals surface area contributed by atoms with Gasteiger partial charge in [0.05, 0.1) is 0 Å². The van der Waals surface area contributed by atoms with E-state index in [1.165, 1.54) is 11.1 Å². The molecule has 0 bridgehead atoms. The van der Waals surface area contributed by atoms with Crippen molar-refractivity contribution in [3.63, 3.8) is 0 Å². The lowest BCUT2D eigenvalue weighted by molar-refractivity contribution is -0.131. The van der Waals surface area contributed by atoms with Gasteiger partial charge in [-0.2, -0.15) is 0 Å². The van der Waals surface area contributed by atoms with Crippen molar-refractivity contribution in [2.24, 2.45) is 0 Å². The Morgan fingerprint density at radius 1 is 1.33 bits per heavy atom. The molecule has 1 aromatic carbocycles. The van der Waals surface area contributed by atoms with Crippen LogP contribution >= 0.6 is 0 Å². The van der Waals surface area contributed by atoms with Gasteiger partial charge in [-0.25, -0.2) is 4.79 Å². The maximum Gasteiger partial charge on any atom is 0.327 e. The molecule has 0 fully saturated rings. The number of carboxylic acids is 1. The van der Waals surface area contributed by atoms with Gasteiger partial charge in [-0.15, -0.1) is 0 Å². The highest BCUT2D eigenvalue weighted by molar-refractivity contribution is 5.78. The molecule has 0 aliphatic carbocycles. The third-order valence-corrected chi connectivity index (χ3v) is 1.92. The molecule has 0 saturated heterocycles. The van der Waals surface area contributed by atoms with E-state index >= 15 is 0 Å². The average molecular weight is 206 g/mol. The van der Waals surface area contributed by atoms with E-state index in [9.17, 15) is 4.79 Å². The van der Waals surface area contributed by atoms with Crippen LogP contribution in [0.3, 0.4) is 0 Å². The highest BCUT2D eigenvalue weighted by Crippen LogP contribution is 2.13. The maximum absolute atomic E-state index is 9.25. The molecule has 0 heterocycles. The fraction of sp³-hybridized carbons (Fsp3) is 0.308. The van der Waals surface area contributed by atoms with Crippen molar-refractivity contribution < 1.29 is 9.90 Å². The van der Waals surface area contributed by atoms with E-state index in [0.29, 0.717) is 5.92 Å². The lowest BCUT2D eigenvalue weighted by Gasteiger charge is -2.03. The zero-order chi connectivity index (χ0) is 11.8. The largest absolute Gasteiger partial charge is 0.478 e. The minimum Gasteiger partial charge on any atom is -0.478 e. The van der Waals surface area contributed by atoms with Crippen LogP contribution in [0.4, 0.5) is 0 Å². The molecule has 0 amide bonds. The fourth-order valence-corrected chi connectivity index (χ4v) is 0.951. The van der Waals surface area contributed by atoms with Gasteiger partial charge in [-0.05, 0) is 18.4 Å². The number of hydrogen-bond acceptors (Lipinski definition) is 1. The molecule has 1 rings (SSSR count). The van der Waals surface area contributed by atoms with E-state index < -0.39 is 5.97 Å². The van der Waals surface area contributed by atoms with Gasteiger partial charge in [0, 0.05) is 6.08 Å². The number of hydrogen-bond donors (Lipinski definition) is 1. The monoisotopic (exact) mass is 206 g/mol. The van der Waals surface area contributed by atoms with Crippen LogP contribution in [0.25, 0.3) is 0 Å². The molecule has 0 aromatic heterocycles. The number of aryl methyl sites for hydroxylation is 1. The molecule has 0 unspecified atom stereocenters. The van der Waals surface area contributed by atoms with E-state index in [2.05, 4.69) is 51.6 Å². The van der Waals surface area contributed by atoms with Crippen molar-refractivity contribution in [3.05, 3.63) is 48.0 Å². The molecule has 82 valence electrons. The zero-order valence-electron chi connectivity index (χ0n) is 9.53. The Labute approximate surface area is 91.3 Å². The molecule has 15 heavy (non-hydrogen) atoms. The second kappa shape index (κ2) is 6.82. The van der Waals surface area contributed by atoms with Crippen molar-refractivity contribution in [2.45, 2.75) is 26.7 Å². The maximum atomic E-state index is 9.25. The van der Waals surface area contributed by atoms with E-state index in [0.717, 1.165) is 6.08 Å². The van der Waals surface area contributed by atoms with E-state index in [-0.39, 0.29) is 0 Å². The summed E-state index contributed by atoms with van der Waals surface area (Å²) in [7, 11) is 0. The average Bonchev–Trinajstić information content (AvgIpc) is 2.19. The summed E-state index contributed by atoms with van der Waals surface area (Å²) in [5, 5.41) is 7.60. The second-order valence-electron chi connectivity index (χ2n) is 3.61. The Morgan fingerprint density at radius 3 is 2.00 bits per heavy atom. The lowest BCUT2D eigenvalue weighted by Crippen LogP contribution is -1.85. The highest BCUT2D eigenvalue weighted by Gasteiger charge is 1.95. The Kier molecular flexibility index (Phi) is 6.11. The van der Waals surface area contributed by atoms with Gasteiger partial charge in [0.1, 0.15) is 0 Å². The van der Waals surface area contributed by atoms with Crippen LogP contribution < -0.4 is 0 Å². The quantitative estimate of drug-likeness (QED) is 0.753. The second-order valence-corrected chi connectivity index (χ2v) is 3.61. The molecule has 0 radical (unpaired) electrons. The summed E-state index contributed by atoms with van der Waals surface area (Å²) in [6.07, 6.45) is 0.833. The Morgan fingerprint density at radius 2 is 1.73 bits per heavy atom. The molecule has 0 aliphatic rings. The smallest absolute Gasteiger partial charge is 0.327 e. The van der Waals surface area contributed by atoms with Crippen LogP contribution in [0.15, 0.2) is 36.9 Å². The first-order valence-electron chi connectivity index (χ1n) is 4.89. The summed E-state index contributed by atoms with van der Waals surface area (Å²) in [5.74, 6) is -0.328. The van der Waals surface area contributed by atoms with E-state index in [4.69, 9.17) is 5.11 Å². The first kappa shape index (κ1) is 13.4. The Balaban J connectivity index is 0.000000336. The highest BCUT2D eigenvalue weighted by atomic mass is 16.4. The molecular weight excluding hydrogens is 188 g/mol.